The summed E-state index contributed by atoms with van der Waals surface area (Å²) in [7, 11) is 1.66. The summed E-state index contributed by atoms with van der Waals surface area (Å²) in [5.74, 6) is 1.82. The van der Waals surface area contributed by atoms with E-state index in [0.29, 0.717) is 11.8 Å². The summed E-state index contributed by atoms with van der Waals surface area (Å²) in [6.45, 7) is 1.87. The van der Waals surface area contributed by atoms with Crippen molar-refractivity contribution in [2.75, 3.05) is 7.11 Å². The van der Waals surface area contributed by atoms with E-state index in [1.54, 1.807) is 7.11 Å². The topological polar surface area (TPSA) is 41.8 Å². The number of ether oxygens (including phenoxy) is 1. The van der Waals surface area contributed by atoms with Gasteiger partial charge < -0.3 is 9.94 Å². The van der Waals surface area contributed by atoms with Gasteiger partial charge in [0.2, 0.25) is 0 Å². The highest BCUT2D eigenvalue weighted by atomic mass is 16.5. The highest BCUT2D eigenvalue weighted by Crippen LogP contribution is 2.48. The van der Waals surface area contributed by atoms with Crippen LogP contribution in [0.3, 0.4) is 0 Å². The highest BCUT2D eigenvalue weighted by molar-refractivity contribution is 5.87. The van der Waals surface area contributed by atoms with Gasteiger partial charge in [0, 0.05) is 5.92 Å². The SMILES string of the molecule is COc1ccc(C2CC2/C(C)=N\O)cc1. The zero-order valence-electron chi connectivity index (χ0n) is 8.97. The van der Waals surface area contributed by atoms with E-state index in [1.807, 2.05) is 19.1 Å². The first-order valence-corrected chi connectivity index (χ1v) is 5.08. The lowest BCUT2D eigenvalue weighted by Crippen LogP contribution is -1.96. The standard InChI is InChI=1S/C12H15NO2/c1-8(13-14)11-7-12(11)9-3-5-10(15-2)6-4-9/h3-6,11-12,14H,7H2,1-2H3/b13-8-. The second-order valence-electron chi connectivity index (χ2n) is 3.96. The molecule has 1 aliphatic carbocycles. The van der Waals surface area contributed by atoms with Gasteiger partial charge in [0.1, 0.15) is 5.75 Å². The molecule has 1 aromatic carbocycles. The number of nitrogens with zero attached hydrogens (tertiary/aromatic N) is 1. The van der Waals surface area contributed by atoms with E-state index in [1.165, 1.54) is 5.56 Å². The Morgan fingerprint density at radius 3 is 2.60 bits per heavy atom. The van der Waals surface area contributed by atoms with Crippen LogP contribution in [0.25, 0.3) is 0 Å². The van der Waals surface area contributed by atoms with Crippen molar-refractivity contribution in [3.05, 3.63) is 29.8 Å². The van der Waals surface area contributed by atoms with Crippen LogP contribution in [0.2, 0.25) is 0 Å². The van der Waals surface area contributed by atoms with Gasteiger partial charge in [0.25, 0.3) is 0 Å². The van der Waals surface area contributed by atoms with E-state index in [2.05, 4.69) is 17.3 Å². The Morgan fingerprint density at radius 1 is 1.40 bits per heavy atom. The van der Waals surface area contributed by atoms with E-state index >= 15 is 0 Å². The Kier molecular flexibility index (Phi) is 2.62. The van der Waals surface area contributed by atoms with Gasteiger partial charge in [-0.1, -0.05) is 17.3 Å². The van der Waals surface area contributed by atoms with Crippen molar-refractivity contribution < 1.29 is 9.94 Å². The van der Waals surface area contributed by atoms with Crippen molar-refractivity contribution in [1.82, 2.24) is 0 Å². The van der Waals surface area contributed by atoms with Gasteiger partial charge in [-0.05, 0) is 37.0 Å². The predicted octanol–water partition coefficient (Wildman–Crippen LogP) is 2.65. The molecular weight excluding hydrogens is 190 g/mol. The van der Waals surface area contributed by atoms with Crippen molar-refractivity contribution >= 4 is 5.71 Å². The lowest BCUT2D eigenvalue weighted by molar-refractivity contribution is 0.316. The smallest absolute Gasteiger partial charge is 0.118 e. The maximum absolute atomic E-state index is 8.66. The monoisotopic (exact) mass is 205 g/mol. The number of rotatable bonds is 3. The van der Waals surface area contributed by atoms with Crippen LogP contribution in [0, 0.1) is 5.92 Å². The Bertz CT molecular complexity index is 370. The average molecular weight is 205 g/mol. The molecule has 2 rings (SSSR count). The van der Waals surface area contributed by atoms with Crippen LogP contribution in [0.15, 0.2) is 29.4 Å². The van der Waals surface area contributed by atoms with Crippen LogP contribution < -0.4 is 4.74 Å². The summed E-state index contributed by atoms with van der Waals surface area (Å²) in [6.07, 6.45) is 1.09. The fourth-order valence-electron chi connectivity index (χ4n) is 1.95. The number of benzene rings is 1. The highest BCUT2D eigenvalue weighted by Gasteiger charge is 2.40. The van der Waals surface area contributed by atoms with Gasteiger partial charge in [-0.15, -0.1) is 0 Å². The lowest BCUT2D eigenvalue weighted by Gasteiger charge is -2.02. The first-order chi connectivity index (χ1) is 7.26. The van der Waals surface area contributed by atoms with Gasteiger partial charge in [-0.3, -0.25) is 0 Å². The summed E-state index contributed by atoms with van der Waals surface area (Å²) in [6, 6.07) is 8.09. The molecule has 1 aromatic rings. The molecule has 80 valence electrons. The molecule has 3 heteroatoms. The lowest BCUT2D eigenvalue weighted by atomic mass is 10.1. The molecule has 0 spiro atoms. The van der Waals surface area contributed by atoms with E-state index in [0.717, 1.165) is 17.9 Å². The zero-order valence-corrected chi connectivity index (χ0v) is 8.97. The Labute approximate surface area is 89.4 Å². The van der Waals surface area contributed by atoms with Crippen molar-refractivity contribution in [3.8, 4) is 5.75 Å². The number of hydrogen-bond donors (Lipinski definition) is 1. The Morgan fingerprint density at radius 2 is 2.07 bits per heavy atom. The summed E-state index contributed by atoms with van der Waals surface area (Å²) in [4.78, 5) is 0. The molecule has 0 bridgehead atoms. The minimum absolute atomic E-state index is 0.420. The van der Waals surface area contributed by atoms with E-state index in [4.69, 9.17) is 9.94 Å². The van der Waals surface area contributed by atoms with Crippen molar-refractivity contribution in [1.29, 1.82) is 0 Å². The molecule has 1 saturated carbocycles. The summed E-state index contributed by atoms with van der Waals surface area (Å²) in [5, 5.41) is 11.9. The molecular formula is C12H15NO2. The first kappa shape index (κ1) is 10.0. The largest absolute Gasteiger partial charge is 0.497 e. The minimum Gasteiger partial charge on any atom is -0.497 e. The second kappa shape index (κ2) is 3.93. The van der Waals surface area contributed by atoms with Crippen LogP contribution in [0.1, 0.15) is 24.8 Å². The van der Waals surface area contributed by atoms with Crippen molar-refractivity contribution in [3.63, 3.8) is 0 Å². The number of oxime groups is 1. The van der Waals surface area contributed by atoms with Gasteiger partial charge in [-0.25, -0.2) is 0 Å². The fraction of sp³-hybridized carbons (Fsp3) is 0.417. The average Bonchev–Trinajstić information content (AvgIpc) is 3.08. The molecule has 1 N–H and O–H groups in total. The van der Waals surface area contributed by atoms with E-state index < -0.39 is 0 Å². The molecule has 1 fully saturated rings. The van der Waals surface area contributed by atoms with E-state index in [-0.39, 0.29) is 0 Å². The molecule has 0 saturated heterocycles. The molecule has 0 heterocycles. The predicted molar refractivity (Wildman–Crippen MR) is 58.7 cm³/mol. The van der Waals surface area contributed by atoms with Crippen molar-refractivity contribution in [2.24, 2.45) is 11.1 Å². The molecule has 0 aliphatic heterocycles. The summed E-state index contributed by atoms with van der Waals surface area (Å²) >= 11 is 0. The van der Waals surface area contributed by atoms with Gasteiger partial charge >= 0.3 is 0 Å². The van der Waals surface area contributed by atoms with Crippen LogP contribution in [-0.2, 0) is 0 Å². The zero-order chi connectivity index (χ0) is 10.8. The molecule has 15 heavy (non-hydrogen) atoms. The van der Waals surface area contributed by atoms with Crippen LogP contribution in [-0.4, -0.2) is 18.0 Å². The second-order valence-corrected chi connectivity index (χ2v) is 3.96. The molecule has 0 aromatic heterocycles. The van der Waals surface area contributed by atoms with Gasteiger partial charge in [0.05, 0.1) is 12.8 Å². The summed E-state index contributed by atoms with van der Waals surface area (Å²) < 4.78 is 5.10. The molecule has 3 nitrogen and oxygen atoms in total. The van der Waals surface area contributed by atoms with Crippen LogP contribution >= 0.6 is 0 Å². The first-order valence-electron chi connectivity index (χ1n) is 5.08. The molecule has 2 unspecified atom stereocenters. The molecule has 0 radical (unpaired) electrons. The van der Waals surface area contributed by atoms with Crippen molar-refractivity contribution in [2.45, 2.75) is 19.3 Å². The maximum Gasteiger partial charge on any atom is 0.118 e. The van der Waals surface area contributed by atoms with Gasteiger partial charge in [0.15, 0.2) is 0 Å². The maximum atomic E-state index is 8.66. The Balaban J connectivity index is 2.07. The van der Waals surface area contributed by atoms with E-state index in [9.17, 15) is 0 Å². The Hall–Kier alpha value is -1.51. The summed E-state index contributed by atoms with van der Waals surface area (Å²) in [5.41, 5.74) is 2.12. The van der Waals surface area contributed by atoms with Gasteiger partial charge in [-0.2, -0.15) is 0 Å². The number of methoxy groups -OCH3 is 1. The molecule has 2 atom stereocenters. The number of hydrogen-bond acceptors (Lipinski definition) is 3. The third-order valence-corrected chi connectivity index (χ3v) is 3.03. The molecule has 0 amide bonds. The quantitative estimate of drug-likeness (QED) is 0.468. The third kappa shape index (κ3) is 1.96. The minimum atomic E-state index is 0.420. The fourth-order valence-corrected chi connectivity index (χ4v) is 1.95. The van der Waals surface area contributed by atoms with Crippen LogP contribution in [0.5, 0.6) is 5.75 Å². The molecule has 1 aliphatic rings. The normalized spacial score (nSPS) is 25.1. The van der Waals surface area contributed by atoms with Crippen LogP contribution in [0.4, 0.5) is 0 Å². The third-order valence-electron chi connectivity index (χ3n) is 3.03.